The van der Waals surface area contributed by atoms with Gasteiger partial charge in [0, 0.05) is 5.56 Å². The van der Waals surface area contributed by atoms with Gasteiger partial charge >= 0.3 is 0 Å². The smallest absolute Gasteiger partial charge is 0.285 e. The van der Waals surface area contributed by atoms with Crippen molar-refractivity contribution in [3.63, 3.8) is 0 Å². The van der Waals surface area contributed by atoms with Crippen LogP contribution in [-0.4, -0.2) is 26.3 Å². The SMILES string of the molecule is O=C(NN1C(=O)/C(=C\C=C\c2ccco2)SC1=S)c1ccc(O)cc1. The van der Waals surface area contributed by atoms with Gasteiger partial charge in [0.2, 0.25) is 0 Å². The predicted molar refractivity (Wildman–Crippen MR) is 98.4 cm³/mol. The Morgan fingerprint density at radius 2 is 2.04 bits per heavy atom. The number of benzene rings is 1. The van der Waals surface area contributed by atoms with Gasteiger partial charge in [-0.05, 0) is 60.8 Å². The Morgan fingerprint density at radius 3 is 2.72 bits per heavy atom. The molecule has 3 rings (SSSR count). The second kappa shape index (κ2) is 7.37. The molecule has 2 N–H and O–H groups in total. The predicted octanol–water partition coefficient (Wildman–Crippen LogP) is 3.09. The molecular weight excluding hydrogens is 360 g/mol. The van der Waals surface area contributed by atoms with Gasteiger partial charge in [-0.1, -0.05) is 17.8 Å². The first-order chi connectivity index (χ1) is 12.0. The molecule has 1 aromatic heterocycles. The molecule has 8 heteroatoms. The molecule has 0 radical (unpaired) electrons. The summed E-state index contributed by atoms with van der Waals surface area (Å²) >= 11 is 6.23. The van der Waals surface area contributed by atoms with Crippen LogP contribution in [0, 0.1) is 0 Å². The van der Waals surface area contributed by atoms with E-state index in [0.29, 0.717) is 16.2 Å². The first kappa shape index (κ1) is 17.0. The van der Waals surface area contributed by atoms with E-state index in [-0.39, 0.29) is 10.1 Å². The minimum Gasteiger partial charge on any atom is -0.508 e. The summed E-state index contributed by atoms with van der Waals surface area (Å²) in [6, 6.07) is 9.22. The summed E-state index contributed by atoms with van der Waals surface area (Å²) in [7, 11) is 0. The van der Waals surface area contributed by atoms with Crippen LogP contribution in [0.4, 0.5) is 0 Å². The van der Waals surface area contributed by atoms with Gasteiger partial charge in [0.05, 0.1) is 11.2 Å². The number of nitrogens with zero attached hydrogens (tertiary/aromatic N) is 1. The number of nitrogens with one attached hydrogen (secondary N) is 1. The molecule has 0 spiro atoms. The minimum absolute atomic E-state index is 0.0495. The van der Waals surface area contributed by atoms with Crippen LogP contribution in [0.25, 0.3) is 6.08 Å². The van der Waals surface area contributed by atoms with Gasteiger partial charge in [-0.2, -0.15) is 5.01 Å². The van der Waals surface area contributed by atoms with E-state index in [1.807, 2.05) is 0 Å². The van der Waals surface area contributed by atoms with Gasteiger partial charge in [-0.25, -0.2) is 0 Å². The molecule has 1 aliphatic heterocycles. The number of hydrogen-bond acceptors (Lipinski definition) is 6. The summed E-state index contributed by atoms with van der Waals surface area (Å²) < 4.78 is 5.39. The second-order valence-corrected chi connectivity index (χ2v) is 6.58. The standard InChI is InChI=1S/C17H12N2O4S2/c20-12-8-6-11(7-9-12)15(21)18-19-16(22)14(25-17(19)24)5-1-3-13-4-2-10-23-13/h1-10,20H,(H,18,21)/b3-1+,14-5+. The van der Waals surface area contributed by atoms with E-state index >= 15 is 0 Å². The lowest BCUT2D eigenvalue weighted by Gasteiger charge is -2.15. The number of thiocarbonyl (C=S) groups is 1. The number of phenolic OH excluding ortho intramolecular Hbond substituents is 1. The molecule has 2 amide bonds. The number of furan rings is 1. The van der Waals surface area contributed by atoms with Crippen LogP contribution in [0.2, 0.25) is 0 Å². The molecule has 0 saturated carbocycles. The molecule has 1 aliphatic rings. The van der Waals surface area contributed by atoms with E-state index in [1.54, 1.807) is 36.6 Å². The first-order valence-corrected chi connectivity index (χ1v) is 8.35. The van der Waals surface area contributed by atoms with E-state index in [4.69, 9.17) is 16.6 Å². The van der Waals surface area contributed by atoms with Crippen LogP contribution in [0.3, 0.4) is 0 Å². The maximum Gasteiger partial charge on any atom is 0.285 e. The lowest BCUT2D eigenvalue weighted by molar-refractivity contribution is -0.123. The summed E-state index contributed by atoms with van der Waals surface area (Å²) in [6.07, 6.45) is 6.54. The molecule has 0 atom stereocenters. The molecule has 0 unspecified atom stereocenters. The maximum atomic E-state index is 12.4. The highest BCUT2D eigenvalue weighted by atomic mass is 32.2. The number of hydrogen-bond donors (Lipinski definition) is 2. The van der Waals surface area contributed by atoms with Gasteiger partial charge in [0.1, 0.15) is 11.5 Å². The van der Waals surface area contributed by atoms with Crippen molar-refractivity contribution in [2.75, 3.05) is 0 Å². The third-order valence-corrected chi connectivity index (χ3v) is 4.51. The molecule has 2 heterocycles. The van der Waals surface area contributed by atoms with Crippen molar-refractivity contribution in [1.82, 2.24) is 10.4 Å². The maximum absolute atomic E-state index is 12.4. The van der Waals surface area contributed by atoms with Crippen molar-refractivity contribution < 1.29 is 19.1 Å². The monoisotopic (exact) mass is 372 g/mol. The normalized spacial score (nSPS) is 16.2. The van der Waals surface area contributed by atoms with E-state index in [2.05, 4.69) is 5.43 Å². The fourth-order valence-corrected chi connectivity index (χ4v) is 3.10. The highest BCUT2D eigenvalue weighted by Crippen LogP contribution is 2.29. The Morgan fingerprint density at radius 1 is 1.28 bits per heavy atom. The highest BCUT2D eigenvalue weighted by molar-refractivity contribution is 8.26. The molecule has 0 aliphatic carbocycles. The zero-order valence-corrected chi connectivity index (χ0v) is 14.3. The summed E-state index contributed by atoms with van der Waals surface area (Å²) in [6.45, 7) is 0. The number of carbonyl (C=O) groups excluding carboxylic acids is 2. The van der Waals surface area contributed by atoms with Crippen LogP contribution in [0.5, 0.6) is 5.75 Å². The van der Waals surface area contributed by atoms with Crippen molar-refractivity contribution in [3.05, 3.63) is 71.0 Å². The van der Waals surface area contributed by atoms with Crippen molar-refractivity contribution in [3.8, 4) is 5.75 Å². The van der Waals surface area contributed by atoms with Crippen molar-refractivity contribution in [2.24, 2.45) is 0 Å². The molecule has 1 aromatic carbocycles. The van der Waals surface area contributed by atoms with Crippen molar-refractivity contribution in [2.45, 2.75) is 0 Å². The number of amides is 2. The van der Waals surface area contributed by atoms with Crippen LogP contribution in [0.1, 0.15) is 16.1 Å². The molecule has 126 valence electrons. The zero-order chi connectivity index (χ0) is 17.8. The Balaban J connectivity index is 1.68. The third kappa shape index (κ3) is 3.98. The fraction of sp³-hybridized carbons (Fsp3) is 0. The zero-order valence-electron chi connectivity index (χ0n) is 12.7. The first-order valence-electron chi connectivity index (χ1n) is 7.13. The topological polar surface area (TPSA) is 82.8 Å². The average Bonchev–Trinajstić information content (AvgIpc) is 3.20. The number of thioether (sulfide) groups is 1. The van der Waals surface area contributed by atoms with E-state index in [0.717, 1.165) is 16.8 Å². The number of allylic oxidation sites excluding steroid dienone is 2. The van der Waals surface area contributed by atoms with E-state index < -0.39 is 11.8 Å². The molecule has 6 nitrogen and oxygen atoms in total. The lowest BCUT2D eigenvalue weighted by atomic mass is 10.2. The molecule has 1 fully saturated rings. The van der Waals surface area contributed by atoms with E-state index in [1.165, 1.54) is 24.3 Å². The largest absolute Gasteiger partial charge is 0.508 e. The minimum atomic E-state index is -0.497. The molecule has 0 bridgehead atoms. The average molecular weight is 372 g/mol. The van der Waals surface area contributed by atoms with Crippen LogP contribution in [0.15, 0.2) is 64.1 Å². The van der Waals surface area contributed by atoms with Crippen LogP contribution in [-0.2, 0) is 4.79 Å². The number of hydrazine groups is 1. The lowest BCUT2D eigenvalue weighted by Crippen LogP contribution is -2.44. The van der Waals surface area contributed by atoms with Gasteiger partial charge in [-0.15, -0.1) is 0 Å². The van der Waals surface area contributed by atoms with Gasteiger partial charge in [0.25, 0.3) is 11.8 Å². The number of phenols is 1. The molecule has 2 aromatic rings. The molecular formula is C17H12N2O4S2. The number of rotatable bonds is 4. The fourth-order valence-electron chi connectivity index (χ4n) is 1.97. The van der Waals surface area contributed by atoms with Gasteiger partial charge in [-0.3, -0.25) is 15.0 Å². The number of carbonyl (C=O) groups is 2. The summed E-state index contributed by atoms with van der Waals surface area (Å²) in [5.41, 5.74) is 2.77. The Hall–Kier alpha value is -2.84. The second-order valence-electron chi connectivity index (χ2n) is 4.90. The Bertz CT molecular complexity index is 871. The quantitative estimate of drug-likeness (QED) is 0.634. The third-order valence-electron chi connectivity index (χ3n) is 3.19. The van der Waals surface area contributed by atoms with Crippen molar-refractivity contribution >= 4 is 46.2 Å². The van der Waals surface area contributed by atoms with Crippen LogP contribution < -0.4 is 5.43 Å². The molecule has 1 saturated heterocycles. The number of aromatic hydroxyl groups is 1. The van der Waals surface area contributed by atoms with Gasteiger partial charge < -0.3 is 9.52 Å². The summed E-state index contributed by atoms with van der Waals surface area (Å²) in [5, 5.41) is 10.3. The summed E-state index contributed by atoms with van der Waals surface area (Å²) in [5.74, 6) is -0.198. The van der Waals surface area contributed by atoms with Gasteiger partial charge in [0.15, 0.2) is 4.32 Å². The van der Waals surface area contributed by atoms with Crippen molar-refractivity contribution in [1.29, 1.82) is 0 Å². The molecule has 25 heavy (non-hydrogen) atoms. The van der Waals surface area contributed by atoms with Crippen LogP contribution >= 0.6 is 24.0 Å². The summed E-state index contributed by atoms with van der Waals surface area (Å²) in [4.78, 5) is 24.9. The Kier molecular flexibility index (Phi) is 5.01. The highest BCUT2D eigenvalue weighted by Gasteiger charge is 2.33. The Labute approximate surface area is 152 Å². The van der Waals surface area contributed by atoms with E-state index in [9.17, 15) is 14.7 Å².